The molecule has 150 valence electrons. The molecule has 7 nitrogen and oxygen atoms in total. The fraction of sp³-hybridized carbons (Fsp3) is 0.286. The zero-order valence-corrected chi connectivity index (χ0v) is 16.8. The Morgan fingerprint density at radius 2 is 2.03 bits per heavy atom. The van der Waals surface area contributed by atoms with Gasteiger partial charge in [-0.15, -0.1) is 0 Å². The fourth-order valence-electron chi connectivity index (χ4n) is 3.30. The van der Waals surface area contributed by atoms with E-state index in [1.54, 1.807) is 41.8 Å². The summed E-state index contributed by atoms with van der Waals surface area (Å²) in [6, 6.07) is 8.41. The summed E-state index contributed by atoms with van der Waals surface area (Å²) in [5.41, 5.74) is 2.55. The first-order valence-corrected chi connectivity index (χ1v) is 9.62. The average molecular weight is 415 g/mol. The molecule has 0 fully saturated rings. The van der Waals surface area contributed by atoms with Gasteiger partial charge in [0, 0.05) is 6.54 Å². The zero-order chi connectivity index (χ0) is 20.5. The van der Waals surface area contributed by atoms with Gasteiger partial charge in [-0.1, -0.05) is 11.6 Å². The fourth-order valence-corrected chi connectivity index (χ4v) is 3.58. The van der Waals surface area contributed by atoms with Gasteiger partial charge in [-0.25, -0.2) is 9.78 Å². The molecule has 0 spiro atoms. The minimum Gasteiger partial charge on any atom is -0.486 e. The minimum atomic E-state index is -0.494. The van der Waals surface area contributed by atoms with Crippen LogP contribution in [-0.2, 0) is 17.9 Å². The van der Waals surface area contributed by atoms with Crippen LogP contribution in [0.25, 0.3) is 11.0 Å². The van der Waals surface area contributed by atoms with Crippen LogP contribution in [0.3, 0.4) is 0 Å². The van der Waals surface area contributed by atoms with Crippen molar-refractivity contribution in [3.63, 3.8) is 0 Å². The number of carbonyl (C=O) groups excluding carboxylic acids is 1. The van der Waals surface area contributed by atoms with Crippen LogP contribution < -0.4 is 15.0 Å². The van der Waals surface area contributed by atoms with Crippen LogP contribution in [0.5, 0.6) is 11.5 Å². The van der Waals surface area contributed by atoms with Crippen LogP contribution in [0.15, 0.2) is 35.1 Å². The first-order chi connectivity index (χ1) is 14.0. The van der Waals surface area contributed by atoms with E-state index in [2.05, 4.69) is 4.98 Å². The number of nitrogens with zero attached hydrogens (tertiary/aromatic N) is 2. The standard InChI is InChI=1S/C21H19ClN2O5/c1-3-24-17-5-4-14(10-16(17)23-12(2)20(24)25)21(26)29-11-13-8-15(22)19-18(9-13)27-6-7-28-19/h4-5,8-10H,3,6-7,11H2,1-2H3. The Hall–Kier alpha value is -3.06. The molecular formula is C21H19ClN2O5. The number of halogens is 1. The zero-order valence-electron chi connectivity index (χ0n) is 16.0. The molecule has 1 aliphatic heterocycles. The van der Waals surface area contributed by atoms with Gasteiger partial charge in [0.15, 0.2) is 11.5 Å². The molecule has 29 heavy (non-hydrogen) atoms. The summed E-state index contributed by atoms with van der Waals surface area (Å²) >= 11 is 6.22. The molecule has 8 heteroatoms. The molecular weight excluding hydrogens is 396 g/mol. The van der Waals surface area contributed by atoms with Gasteiger partial charge in [0.25, 0.3) is 5.56 Å². The monoisotopic (exact) mass is 414 g/mol. The van der Waals surface area contributed by atoms with Crippen LogP contribution >= 0.6 is 11.6 Å². The highest BCUT2D eigenvalue weighted by atomic mass is 35.5. The second-order valence-corrected chi connectivity index (χ2v) is 7.04. The Kier molecular flexibility index (Phi) is 5.15. The molecule has 1 aliphatic rings. The third-order valence-electron chi connectivity index (χ3n) is 4.69. The highest BCUT2D eigenvalue weighted by Crippen LogP contribution is 2.38. The predicted molar refractivity (Wildman–Crippen MR) is 108 cm³/mol. The SMILES string of the molecule is CCn1c(=O)c(C)nc2cc(C(=O)OCc3cc(Cl)c4c(c3)OCCO4)ccc21. The predicted octanol–water partition coefficient (Wildman–Crippen LogP) is 3.51. The van der Waals surface area contributed by atoms with Gasteiger partial charge in [0.1, 0.15) is 25.5 Å². The Labute approximate surface area is 171 Å². The topological polar surface area (TPSA) is 79.7 Å². The minimum absolute atomic E-state index is 0.0359. The van der Waals surface area contributed by atoms with Crippen LogP contribution in [0, 0.1) is 6.92 Å². The van der Waals surface area contributed by atoms with E-state index in [9.17, 15) is 9.59 Å². The van der Waals surface area contributed by atoms with E-state index in [-0.39, 0.29) is 12.2 Å². The van der Waals surface area contributed by atoms with E-state index in [1.165, 1.54) is 0 Å². The number of benzene rings is 2. The van der Waals surface area contributed by atoms with Gasteiger partial charge in [-0.05, 0) is 49.7 Å². The summed E-state index contributed by atoms with van der Waals surface area (Å²) in [5, 5.41) is 0.413. The molecule has 3 aromatic rings. The first kappa shape index (κ1) is 19.3. The lowest BCUT2D eigenvalue weighted by atomic mass is 10.1. The first-order valence-electron chi connectivity index (χ1n) is 9.24. The molecule has 0 unspecified atom stereocenters. The van der Waals surface area contributed by atoms with Crippen LogP contribution in [0.2, 0.25) is 5.02 Å². The third-order valence-corrected chi connectivity index (χ3v) is 4.97. The molecule has 0 saturated heterocycles. The lowest BCUT2D eigenvalue weighted by Gasteiger charge is -2.20. The molecule has 0 bridgehead atoms. The Morgan fingerprint density at radius 1 is 1.24 bits per heavy atom. The number of hydrogen-bond donors (Lipinski definition) is 0. The number of aromatic nitrogens is 2. The molecule has 4 rings (SSSR count). The van der Waals surface area contributed by atoms with Crippen molar-refractivity contribution in [2.45, 2.75) is 27.0 Å². The van der Waals surface area contributed by atoms with Crippen molar-refractivity contribution in [1.29, 1.82) is 0 Å². The third kappa shape index (κ3) is 3.65. The van der Waals surface area contributed by atoms with Crippen molar-refractivity contribution < 1.29 is 19.0 Å². The summed E-state index contributed by atoms with van der Waals surface area (Å²) in [6.45, 7) is 4.99. The summed E-state index contributed by atoms with van der Waals surface area (Å²) in [4.78, 5) is 29.1. The molecule has 0 atom stereocenters. The number of ether oxygens (including phenoxy) is 3. The average Bonchev–Trinajstić information content (AvgIpc) is 2.72. The second-order valence-electron chi connectivity index (χ2n) is 6.63. The number of carbonyl (C=O) groups is 1. The lowest BCUT2D eigenvalue weighted by molar-refractivity contribution is 0.0472. The summed E-state index contributed by atoms with van der Waals surface area (Å²) in [5.74, 6) is 0.551. The maximum Gasteiger partial charge on any atom is 0.338 e. The highest BCUT2D eigenvalue weighted by molar-refractivity contribution is 6.32. The maximum absolute atomic E-state index is 12.5. The maximum atomic E-state index is 12.5. The Balaban J connectivity index is 1.56. The molecule has 1 aromatic heterocycles. The van der Waals surface area contributed by atoms with E-state index >= 15 is 0 Å². The quantitative estimate of drug-likeness (QED) is 0.608. The smallest absolute Gasteiger partial charge is 0.338 e. The number of esters is 1. The Bertz CT molecular complexity index is 1170. The molecule has 2 aromatic carbocycles. The number of fused-ring (bicyclic) bond motifs is 2. The summed E-state index contributed by atoms with van der Waals surface area (Å²) in [7, 11) is 0. The van der Waals surface area contributed by atoms with Crippen molar-refractivity contribution in [3.8, 4) is 11.5 Å². The van der Waals surface area contributed by atoms with E-state index in [4.69, 9.17) is 25.8 Å². The molecule has 0 saturated carbocycles. The summed E-state index contributed by atoms with van der Waals surface area (Å²) in [6.07, 6.45) is 0. The van der Waals surface area contributed by atoms with Crippen molar-refractivity contribution in [3.05, 3.63) is 62.5 Å². The Morgan fingerprint density at radius 3 is 2.83 bits per heavy atom. The van der Waals surface area contributed by atoms with E-state index in [0.717, 1.165) is 0 Å². The van der Waals surface area contributed by atoms with Crippen molar-refractivity contribution >= 4 is 28.6 Å². The molecule has 0 N–H and O–H groups in total. The molecule has 2 heterocycles. The second kappa shape index (κ2) is 7.75. The van der Waals surface area contributed by atoms with Gasteiger partial charge in [0.05, 0.1) is 21.6 Å². The molecule has 0 amide bonds. The molecule has 0 aliphatic carbocycles. The largest absolute Gasteiger partial charge is 0.486 e. The van der Waals surface area contributed by atoms with Crippen molar-refractivity contribution in [1.82, 2.24) is 9.55 Å². The molecule has 0 radical (unpaired) electrons. The highest BCUT2D eigenvalue weighted by Gasteiger charge is 2.18. The number of aryl methyl sites for hydroxylation is 2. The van der Waals surface area contributed by atoms with Crippen molar-refractivity contribution in [2.75, 3.05) is 13.2 Å². The van der Waals surface area contributed by atoms with E-state index in [0.29, 0.717) is 64.1 Å². The normalized spacial score (nSPS) is 12.8. The lowest BCUT2D eigenvalue weighted by Crippen LogP contribution is -2.23. The van der Waals surface area contributed by atoms with E-state index < -0.39 is 5.97 Å². The van der Waals surface area contributed by atoms with Crippen LogP contribution in [0.1, 0.15) is 28.5 Å². The number of hydrogen-bond acceptors (Lipinski definition) is 6. The summed E-state index contributed by atoms with van der Waals surface area (Å²) < 4.78 is 18.1. The van der Waals surface area contributed by atoms with Crippen molar-refractivity contribution in [2.24, 2.45) is 0 Å². The van der Waals surface area contributed by atoms with Gasteiger partial charge in [-0.3, -0.25) is 4.79 Å². The van der Waals surface area contributed by atoms with Gasteiger partial charge in [-0.2, -0.15) is 0 Å². The van der Waals surface area contributed by atoms with Crippen LogP contribution in [-0.4, -0.2) is 28.7 Å². The van der Waals surface area contributed by atoms with Gasteiger partial charge >= 0.3 is 5.97 Å². The van der Waals surface area contributed by atoms with Crippen LogP contribution in [0.4, 0.5) is 0 Å². The van der Waals surface area contributed by atoms with Gasteiger partial charge < -0.3 is 18.8 Å². The number of rotatable bonds is 4. The van der Waals surface area contributed by atoms with E-state index in [1.807, 2.05) is 6.92 Å². The van der Waals surface area contributed by atoms with Gasteiger partial charge in [0.2, 0.25) is 0 Å².